The Balaban J connectivity index is 1.76. The Labute approximate surface area is 176 Å². The van der Waals surface area contributed by atoms with Crippen molar-refractivity contribution in [2.75, 3.05) is 14.2 Å². The number of thiazole rings is 1. The number of methoxy groups -OCH3 is 2. The molecule has 7 nitrogen and oxygen atoms in total. The lowest BCUT2D eigenvalue weighted by atomic mass is 10.2. The van der Waals surface area contributed by atoms with E-state index in [0.29, 0.717) is 31.9 Å². The van der Waals surface area contributed by atoms with Gasteiger partial charge in [-0.05, 0) is 25.1 Å². The number of benzene rings is 2. The highest BCUT2D eigenvalue weighted by molar-refractivity contribution is 7.17. The van der Waals surface area contributed by atoms with E-state index in [9.17, 15) is 9.90 Å². The minimum absolute atomic E-state index is 0.0951. The summed E-state index contributed by atoms with van der Waals surface area (Å²) in [5.74, 6) is 0.0885. The van der Waals surface area contributed by atoms with Crippen LogP contribution in [-0.2, 0) is 0 Å². The zero-order chi connectivity index (χ0) is 21.0. The van der Waals surface area contributed by atoms with Crippen LogP contribution in [0.2, 0.25) is 5.02 Å². The van der Waals surface area contributed by atoms with E-state index in [0.717, 1.165) is 5.56 Å². The van der Waals surface area contributed by atoms with Crippen molar-refractivity contribution in [2.45, 2.75) is 6.92 Å². The molecule has 1 amide bonds. The van der Waals surface area contributed by atoms with Gasteiger partial charge in [-0.1, -0.05) is 29.8 Å². The molecule has 1 heterocycles. The molecule has 0 bridgehead atoms. The number of phenols is 1. The minimum atomic E-state index is -0.390. The van der Waals surface area contributed by atoms with E-state index in [2.05, 4.69) is 15.5 Å². The van der Waals surface area contributed by atoms with Gasteiger partial charge in [-0.3, -0.25) is 4.79 Å². The predicted molar refractivity (Wildman–Crippen MR) is 114 cm³/mol. The van der Waals surface area contributed by atoms with E-state index in [4.69, 9.17) is 21.1 Å². The Kier molecular flexibility index (Phi) is 6.36. The number of hydrogen-bond acceptors (Lipinski definition) is 7. The molecule has 9 heteroatoms. The van der Waals surface area contributed by atoms with Crippen molar-refractivity contribution in [1.29, 1.82) is 0 Å². The Morgan fingerprint density at radius 1 is 1.28 bits per heavy atom. The van der Waals surface area contributed by atoms with Crippen molar-refractivity contribution in [1.82, 2.24) is 10.4 Å². The van der Waals surface area contributed by atoms with Gasteiger partial charge in [-0.2, -0.15) is 5.10 Å². The van der Waals surface area contributed by atoms with Crippen LogP contribution in [0.3, 0.4) is 0 Å². The van der Waals surface area contributed by atoms with E-state index in [1.54, 1.807) is 19.1 Å². The number of phenolic OH excluding ortho intramolecular Hbond substituents is 1. The summed E-state index contributed by atoms with van der Waals surface area (Å²) in [7, 11) is 2.89. The van der Waals surface area contributed by atoms with E-state index in [1.807, 2.05) is 18.2 Å². The van der Waals surface area contributed by atoms with Crippen LogP contribution < -0.4 is 14.9 Å². The monoisotopic (exact) mass is 431 g/mol. The number of ether oxygens (including phenoxy) is 2. The van der Waals surface area contributed by atoms with E-state index in [1.165, 1.54) is 37.8 Å². The van der Waals surface area contributed by atoms with Crippen LogP contribution in [0.15, 0.2) is 41.5 Å². The normalized spacial score (nSPS) is 10.9. The van der Waals surface area contributed by atoms with Gasteiger partial charge < -0.3 is 14.6 Å². The summed E-state index contributed by atoms with van der Waals surface area (Å²) in [4.78, 5) is 17.4. The highest BCUT2D eigenvalue weighted by atomic mass is 35.5. The van der Waals surface area contributed by atoms with Gasteiger partial charge >= 0.3 is 0 Å². The summed E-state index contributed by atoms with van der Waals surface area (Å²) in [6, 6.07) is 10.4. The second-order valence-corrected chi connectivity index (χ2v) is 7.29. The van der Waals surface area contributed by atoms with Gasteiger partial charge in [0.25, 0.3) is 5.91 Å². The van der Waals surface area contributed by atoms with Gasteiger partial charge in [0, 0.05) is 11.1 Å². The summed E-state index contributed by atoms with van der Waals surface area (Å²) in [5, 5.41) is 15.2. The molecule has 0 fully saturated rings. The number of carbonyl (C=O) groups excluding carboxylic acids is 1. The van der Waals surface area contributed by atoms with Crippen molar-refractivity contribution >= 4 is 35.1 Å². The maximum Gasteiger partial charge on any atom is 0.283 e. The summed E-state index contributed by atoms with van der Waals surface area (Å²) < 4.78 is 10.3. The molecule has 0 saturated heterocycles. The number of carbonyl (C=O) groups is 1. The Hall–Kier alpha value is -3.10. The molecule has 0 radical (unpaired) electrons. The number of halogens is 1. The molecule has 150 valence electrons. The fraction of sp³-hybridized carbons (Fsp3) is 0.150. The molecular formula is C20H18ClN3O4S. The van der Waals surface area contributed by atoms with Gasteiger partial charge in [0.05, 0.1) is 31.2 Å². The van der Waals surface area contributed by atoms with Crippen LogP contribution >= 0.6 is 22.9 Å². The molecule has 3 aromatic rings. The van der Waals surface area contributed by atoms with E-state index < -0.39 is 0 Å². The Morgan fingerprint density at radius 3 is 2.72 bits per heavy atom. The highest BCUT2D eigenvalue weighted by Crippen LogP contribution is 2.37. The van der Waals surface area contributed by atoms with Gasteiger partial charge in [-0.25, -0.2) is 10.4 Å². The zero-order valence-electron chi connectivity index (χ0n) is 15.9. The number of nitrogens with zero attached hydrogens (tertiary/aromatic N) is 2. The predicted octanol–water partition coefficient (Wildman–Crippen LogP) is 4.26. The lowest BCUT2D eigenvalue weighted by molar-refractivity contribution is 0.0958. The van der Waals surface area contributed by atoms with Crippen molar-refractivity contribution in [3.05, 3.63) is 57.6 Å². The Morgan fingerprint density at radius 2 is 2.03 bits per heavy atom. The number of hydrogen-bond donors (Lipinski definition) is 2. The largest absolute Gasteiger partial charge is 0.504 e. The van der Waals surface area contributed by atoms with Crippen molar-refractivity contribution in [3.63, 3.8) is 0 Å². The fourth-order valence-corrected chi connectivity index (χ4v) is 3.89. The van der Waals surface area contributed by atoms with Gasteiger partial charge in [0.15, 0.2) is 11.5 Å². The lowest BCUT2D eigenvalue weighted by Crippen LogP contribution is -2.17. The minimum Gasteiger partial charge on any atom is -0.504 e. The quantitative estimate of drug-likeness (QED) is 0.449. The van der Waals surface area contributed by atoms with E-state index >= 15 is 0 Å². The number of aryl methyl sites for hydroxylation is 1. The van der Waals surface area contributed by atoms with Gasteiger partial charge in [0.1, 0.15) is 9.88 Å². The first kappa shape index (κ1) is 20.6. The summed E-state index contributed by atoms with van der Waals surface area (Å²) >= 11 is 7.45. The molecule has 0 aliphatic rings. The third-order valence-electron chi connectivity index (χ3n) is 3.97. The molecule has 0 saturated carbocycles. The van der Waals surface area contributed by atoms with Crippen molar-refractivity contribution in [2.24, 2.45) is 5.10 Å². The number of rotatable bonds is 6. The first-order chi connectivity index (χ1) is 13.9. The number of hydrazone groups is 1. The van der Waals surface area contributed by atoms with Gasteiger partial charge in [0.2, 0.25) is 5.75 Å². The van der Waals surface area contributed by atoms with Crippen molar-refractivity contribution in [3.8, 4) is 27.8 Å². The van der Waals surface area contributed by atoms with Crippen molar-refractivity contribution < 1.29 is 19.4 Å². The van der Waals surface area contributed by atoms with Crippen LogP contribution in [-0.4, -0.2) is 36.4 Å². The van der Waals surface area contributed by atoms with Crippen LogP contribution in [0.4, 0.5) is 0 Å². The SMILES string of the molecule is COc1cc(/C=N/NC(=O)c2sc(-c3ccccc3Cl)nc2C)cc(O)c1OC. The molecule has 2 N–H and O–H groups in total. The van der Waals surface area contributed by atoms with Crippen LogP contribution in [0.5, 0.6) is 17.2 Å². The molecule has 0 atom stereocenters. The average molecular weight is 432 g/mol. The lowest BCUT2D eigenvalue weighted by Gasteiger charge is -2.09. The molecule has 0 aliphatic carbocycles. The first-order valence-electron chi connectivity index (χ1n) is 8.45. The summed E-state index contributed by atoms with van der Waals surface area (Å²) in [6.07, 6.45) is 1.39. The smallest absolute Gasteiger partial charge is 0.283 e. The number of aromatic nitrogens is 1. The standard InChI is InChI=1S/C20H18ClN3O4S/c1-11-18(29-20(23-11)13-6-4-5-7-14(13)21)19(26)24-22-10-12-8-15(25)17(28-3)16(9-12)27-2/h4-10,25H,1-3H3,(H,24,26)/b22-10+. The van der Waals surface area contributed by atoms with Gasteiger partial charge in [-0.15, -0.1) is 11.3 Å². The molecule has 29 heavy (non-hydrogen) atoms. The second kappa shape index (κ2) is 8.93. The molecule has 3 rings (SSSR count). The maximum atomic E-state index is 12.5. The Bertz CT molecular complexity index is 1080. The molecule has 0 spiro atoms. The maximum absolute atomic E-state index is 12.5. The molecular weight excluding hydrogens is 414 g/mol. The van der Waals surface area contributed by atoms with Crippen LogP contribution in [0.1, 0.15) is 20.9 Å². The molecule has 1 aromatic heterocycles. The van der Waals surface area contributed by atoms with Crippen LogP contribution in [0.25, 0.3) is 10.6 Å². The third kappa shape index (κ3) is 4.49. The highest BCUT2D eigenvalue weighted by Gasteiger charge is 2.17. The average Bonchev–Trinajstić information content (AvgIpc) is 3.09. The fourth-order valence-electron chi connectivity index (χ4n) is 2.61. The third-order valence-corrected chi connectivity index (χ3v) is 5.49. The molecule has 0 unspecified atom stereocenters. The summed E-state index contributed by atoms with van der Waals surface area (Å²) in [5.41, 5.74) is 4.35. The number of aromatic hydroxyl groups is 1. The first-order valence-corrected chi connectivity index (χ1v) is 9.64. The van der Waals surface area contributed by atoms with E-state index in [-0.39, 0.29) is 17.4 Å². The topological polar surface area (TPSA) is 93.0 Å². The summed E-state index contributed by atoms with van der Waals surface area (Å²) in [6.45, 7) is 1.75. The second-order valence-electron chi connectivity index (χ2n) is 5.89. The number of nitrogens with one attached hydrogen (secondary N) is 1. The molecule has 0 aliphatic heterocycles. The van der Waals surface area contributed by atoms with Crippen LogP contribution in [0, 0.1) is 6.92 Å². The zero-order valence-corrected chi connectivity index (χ0v) is 17.5. The molecule has 2 aromatic carbocycles. The number of amides is 1.